The molecule has 0 aromatic heterocycles. The average Bonchev–Trinajstić information content (AvgIpc) is 2.25. The monoisotopic (exact) mass is 234 g/mol. The average molecular weight is 234 g/mol. The van der Waals surface area contributed by atoms with Crippen molar-refractivity contribution in [1.29, 1.82) is 0 Å². The van der Waals surface area contributed by atoms with Crippen LogP contribution in [0.2, 0.25) is 0 Å². The summed E-state index contributed by atoms with van der Waals surface area (Å²) in [6, 6.07) is -1.83. The van der Waals surface area contributed by atoms with Crippen molar-refractivity contribution in [2.45, 2.75) is 13.0 Å². The van der Waals surface area contributed by atoms with Gasteiger partial charge in [0.1, 0.15) is 0 Å². The van der Waals surface area contributed by atoms with E-state index >= 15 is 0 Å². The predicted molar refractivity (Wildman–Crippen MR) is 56.2 cm³/mol. The predicted octanol–water partition coefficient (Wildman–Crippen LogP) is -0.890. The van der Waals surface area contributed by atoms with Crippen molar-refractivity contribution >= 4 is 12.0 Å². The molecule has 7 nitrogen and oxygen atoms in total. The zero-order valence-corrected chi connectivity index (χ0v) is 9.47. The maximum atomic E-state index is 11.4. The molecule has 2 amide bonds. The number of hydrogen-bond donors (Lipinski definition) is 3. The van der Waals surface area contributed by atoms with Gasteiger partial charge in [-0.15, -0.1) is 0 Å². The standard InChI is InChI=1S/C9H18N2O5/c1-3-16-5-4-11(2)9(15)10-7(6-12)8(13)14/h7,12H,3-6H2,1-2H3,(H,10,15)(H,13,14)/t7-/m0/s1. The number of carbonyl (C=O) groups is 2. The van der Waals surface area contributed by atoms with E-state index in [0.717, 1.165) is 0 Å². The molecule has 0 aromatic carbocycles. The second-order valence-electron chi connectivity index (χ2n) is 3.14. The van der Waals surface area contributed by atoms with Crippen LogP contribution in [0.15, 0.2) is 0 Å². The van der Waals surface area contributed by atoms with E-state index in [1.165, 1.54) is 11.9 Å². The molecule has 0 aliphatic heterocycles. The van der Waals surface area contributed by atoms with Crippen LogP contribution < -0.4 is 5.32 Å². The van der Waals surface area contributed by atoms with Crippen molar-refractivity contribution < 1.29 is 24.5 Å². The fourth-order valence-corrected chi connectivity index (χ4v) is 0.892. The van der Waals surface area contributed by atoms with Gasteiger partial charge in [-0.05, 0) is 6.92 Å². The van der Waals surface area contributed by atoms with Crippen LogP contribution in [0.4, 0.5) is 4.79 Å². The third kappa shape index (κ3) is 5.52. The van der Waals surface area contributed by atoms with Crippen LogP contribution in [0.1, 0.15) is 6.92 Å². The molecule has 3 N–H and O–H groups in total. The van der Waals surface area contributed by atoms with Gasteiger partial charge < -0.3 is 25.2 Å². The summed E-state index contributed by atoms with van der Waals surface area (Å²) in [7, 11) is 1.52. The summed E-state index contributed by atoms with van der Waals surface area (Å²) in [6.07, 6.45) is 0. The highest BCUT2D eigenvalue weighted by Crippen LogP contribution is 1.89. The number of nitrogens with zero attached hydrogens (tertiary/aromatic N) is 1. The number of rotatable bonds is 7. The van der Waals surface area contributed by atoms with Gasteiger partial charge in [0.15, 0.2) is 6.04 Å². The molecule has 0 unspecified atom stereocenters. The van der Waals surface area contributed by atoms with Crippen LogP contribution in [0.3, 0.4) is 0 Å². The minimum absolute atomic E-state index is 0.359. The highest BCUT2D eigenvalue weighted by molar-refractivity contribution is 5.82. The van der Waals surface area contributed by atoms with E-state index in [0.29, 0.717) is 19.8 Å². The van der Waals surface area contributed by atoms with Crippen LogP contribution in [-0.4, -0.2) is 66.6 Å². The number of nitrogens with one attached hydrogen (secondary N) is 1. The number of carbonyl (C=O) groups excluding carboxylic acids is 1. The maximum absolute atomic E-state index is 11.4. The number of aliphatic carboxylic acids is 1. The van der Waals surface area contributed by atoms with Crippen molar-refractivity contribution in [3.8, 4) is 0 Å². The van der Waals surface area contributed by atoms with Crippen molar-refractivity contribution in [2.75, 3.05) is 33.4 Å². The fourth-order valence-electron chi connectivity index (χ4n) is 0.892. The number of carboxylic acids is 1. The van der Waals surface area contributed by atoms with E-state index in [9.17, 15) is 9.59 Å². The van der Waals surface area contributed by atoms with Gasteiger partial charge >= 0.3 is 12.0 Å². The van der Waals surface area contributed by atoms with Gasteiger partial charge in [0, 0.05) is 20.2 Å². The molecule has 0 radical (unpaired) electrons. The fraction of sp³-hybridized carbons (Fsp3) is 0.778. The van der Waals surface area contributed by atoms with Gasteiger partial charge in [-0.1, -0.05) is 0 Å². The number of likely N-dealkylation sites (N-methyl/N-ethyl adjacent to an activating group) is 1. The quantitative estimate of drug-likeness (QED) is 0.496. The van der Waals surface area contributed by atoms with Crippen molar-refractivity contribution in [1.82, 2.24) is 10.2 Å². The normalized spacial score (nSPS) is 11.9. The third-order valence-electron chi connectivity index (χ3n) is 1.90. The number of carboxylic acid groups (broad SMARTS) is 1. The maximum Gasteiger partial charge on any atom is 0.328 e. The highest BCUT2D eigenvalue weighted by Gasteiger charge is 2.20. The third-order valence-corrected chi connectivity index (χ3v) is 1.90. The molecule has 0 fully saturated rings. The molecule has 0 spiro atoms. The van der Waals surface area contributed by atoms with Crippen LogP contribution in [-0.2, 0) is 9.53 Å². The molecule has 0 saturated heterocycles. The number of hydrogen-bond acceptors (Lipinski definition) is 4. The Morgan fingerprint density at radius 2 is 2.12 bits per heavy atom. The Kier molecular flexibility index (Phi) is 7.23. The molecule has 1 atom stereocenters. The van der Waals surface area contributed by atoms with Crippen LogP contribution in [0.25, 0.3) is 0 Å². The largest absolute Gasteiger partial charge is 0.480 e. The van der Waals surface area contributed by atoms with E-state index in [1.54, 1.807) is 0 Å². The van der Waals surface area contributed by atoms with Crippen molar-refractivity contribution in [3.63, 3.8) is 0 Å². The first-order valence-electron chi connectivity index (χ1n) is 4.96. The number of urea groups is 1. The van der Waals surface area contributed by atoms with E-state index in [2.05, 4.69) is 5.32 Å². The van der Waals surface area contributed by atoms with Gasteiger partial charge in [-0.25, -0.2) is 9.59 Å². The molecule has 94 valence electrons. The van der Waals surface area contributed by atoms with Crippen LogP contribution in [0, 0.1) is 0 Å². The molecule has 0 aromatic rings. The van der Waals surface area contributed by atoms with Crippen molar-refractivity contribution in [3.05, 3.63) is 0 Å². The second-order valence-corrected chi connectivity index (χ2v) is 3.14. The molecule has 0 saturated carbocycles. The van der Waals surface area contributed by atoms with Crippen LogP contribution >= 0.6 is 0 Å². The minimum atomic E-state index is -1.28. The number of aliphatic hydroxyl groups excluding tert-OH is 1. The first-order chi connectivity index (χ1) is 7.52. The summed E-state index contributed by atoms with van der Waals surface area (Å²) in [5.41, 5.74) is 0. The summed E-state index contributed by atoms with van der Waals surface area (Å²) in [6.45, 7) is 2.51. The van der Waals surface area contributed by atoms with Gasteiger partial charge in [-0.3, -0.25) is 0 Å². The summed E-state index contributed by atoms with van der Waals surface area (Å²) < 4.78 is 5.05. The first-order valence-corrected chi connectivity index (χ1v) is 4.96. The lowest BCUT2D eigenvalue weighted by molar-refractivity contribution is -0.140. The van der Waals surface area contributed by atoms with Crippen molar-refractivity contribution in [2.24, 2.45) is 0 Å². The SMILES string of the molecule is CCOCCN(C)C(=O)N[C@@H](CO)C(=O)O. The summed E-state index contributed by atoms with van der Waals surface area (Å²) in [4.78, 5) is 23.2. The number of aliphatic hydroxyl groups is 1. The van der Waals surface area contributed by atoms with E-state index in [1.807, 2.05) is 6.92 Å². The second kappa shape index (κ2) is 7.89. The Morgan fingerprint density at radius 3 is 2.56 bits per heavy atom. The topological polar surface area (TPSA) is 99.1 Å². The van der Waals surface area contributed by atoms with E-state index in [-0.39, 0.29) is 0 Å². The zero-order chi connectivity index (χ0) is 12.6. The molecule has 0 aliphatic carbocycles. The highest BCUT2D eigenvalue weighted by atomic mass is 16.5. The summed E-state index contributed by atoms with van der Waals surface area (Å²) >= 11 is 0. The Bertz CT molecular complexity index is 234. The Labute approximate surface area is 94.0 Å². The summed E-state index contributed by atoms with van der Waals surface area (Å²) in [5.74, 6) is -1.27. The molecular formula is C9H18N2O5. The van der Waals surface area contributed by atoms with Crippen LogP contribution in [0.5, 0.6) is 0 Å². The molecule has 0 rings (SSSR count). The Balaban J connectivity index is 3.98. The molecule has 0 heterocycles. The number of amides is 2. The lowest BCUT2D eigenvalue weighted by Gasteiger charge is -2.20. The molecule has 16 heavy (non-hydrogen) atoms. The van der Waals surface area contributed by atoms with Gasteiger partial charge in [0.25, 0.3) is 0 Å². The summed E-state index contributed by atoms with van der Waals surface area (Å²) in [5, 5.41) is 19.5. The molecular weight excluding hydrogens is 216 g/mol. The lowest BCUT2D eigenvalue weighted by Crippen LogP contribution is -2.49. The molecule has 0 aliphatic rings. The Hall–Kier alpha value is -1.34. The van der Waals surface area contributed by atoms with E-state index in [4.69, 9.17) is 14.9 Å². The van der Waals surface area contributed by atoms with Gasteiger partial charge in [-0.2, -0.15) is 0 Å². The first kappa shape index (κ1) is 14.7. The molecule has 7 heteroatoms. The number of ether oxygens (including phenoxy) is 1. The Morgan fingerprint density at radius 1 is 1.50 bits per heavy atom. The molecule has 0 bridgehead atoms. The van der Waals surface area contributed by atoms with Gasteiger partial charge in [0.2, 0.25) is 0 Å². The minimum Gasteiger partial charge on any atom is -0.480 e. The lowest BCUT2D eigenvalue weighted by atomic mass is 10.3. The smallest absolute Gasteiger partial charge is 0.328 e. The zero-order valence-electron chi connectivity index (χ0n) is 9.47. The van der Waals surface area contributed by atoms with Gasteiger partial charge in [0.05, 0.1) is 13.2 Å². The van der Waals surface area contributed by atoms with E-state index < -0.39 is 24.6 Å².